The highest BCUT2D eigenvalue weighted by atomic mass is 35.5. The minimum Gasteiger partial charge on any atom is -0.326 e. The van der Waals surface area contributed by atoms with Crippen molar-refractivity contribution in [3.63, 3.8) is 0 Å². The Morgan fingerprint density at radius 1 is 1.11 bits per heavy atom. The van der Waals surface area contributed by atoms with Crippen molar-refractivity contribution >= 4 is 45.8 Å². The van der Waals surface area contributed by atoms with E-state index < -0.39 is 12.1 Å². The van der Waals surface area contributed by atoms with Crippen LogP contribution >= 0.6 is 11.6 Å². The van der Waals surface area contributed by atoms with Crippen molar-refractivity contribution in [3.8, 4) is 0 Å². The van der Waals surface area contributed by atoms with Crippen LogP contribution in [0.15, 0.2) is 60.8 Å². The van der Waals surface area contributed by atoms with E-state index in [-0.39, 0.29) is 5.91 Å². The molecule has 1 atom stereocenters. The van der Waals surface area contributed by atoms with Crippen molar-refractivity contribution in [2.24, 2.45) is 0 Å². The van der Waals surface area contributed by atoms with Crippen molar-refractivity contribution in [1.29, 1.82) is 0 Å². The molecule has 4 rings (SSSR count). The van der Waals surface area contributed by atoms with E-state index in [1.165, 1.54) is 0 Å². The summed E-state index contributed by atoms with van der Waals surface area (Å²) in [6, 6.07) is 15.5. The summed E-state index contributed by atoms with van der Waals surface area (Å²) in [7, 11) is 0. The van der Waals surface area contributed by atoms with Gasteiger partial charge in [-0.05, 0) is 42.8 Å². The monoisotopic (exact) mass is 380 g/mol. The molecule has 1 saturated heterocycles. The summed E-state index contributed by atoms with van der Waals surface area (Å²) in [6.45, 7) is 0.571. The Balaban J connectivity index is 1.46. The smallest absolute Gasteiger partial charge is 0.319 e. The van der Waals surface area contributed by atoms with Crippen LogP contribution < -0.4 is 15.5 Å². The largest absolute Gasteiger partial charge is 0.326 e. The summed E-state index contributed by atoms with van der Waals surface area (Å²) < 4.78 is 0. The van der Waals surface area contributed by atoms with Crippen LogP contribution in [0.5, 0.6) is 0 Å². The predicted molar refractivity (Wildman–Crippen MR) is 106 cm³/mol. The Labute approximate surface area is 161 Å². The van der Waals surface area contributed by atoms with Gasteiger partial charge in [-0.1, -0.05) is 29.8 Å². The standard InChI is InChI=1S/C20H17ClN4O2/c21-15-8-9-16(14-7-4-11-22-18(14)15)23-20(27)24-17-10-12-25(19(17)26)13-5-2-1-3-6-13/h1-9,11,17H,10,12H2,(H2,23,24,27). The quantitative estimate of drug-likeness (QED) is 0.725. The highest BCUT2D eigenvalue weighted by Gasteiger charge is 2.33. The van der Waals surface area contributed by atoms with Crippen molar-refractivity contribution in [3.05, 3.63) is 65.8 Å². The van der Waals surface area contributed by atoms with Gasteiger partial charge in [-0.3, -0.25) is 9.78 Å². The normalized spacial score (nSPS) is 16.6. The SMILES string of the molecule is O=C(Nc1ccc(Cl)c2ncccc12)NC1CCN(c2ccccc2)C1=O. The molecule has 1 unspecified atom stereocenters. The zero-order valence-electron chi connectivity index (χ0n) is 14.4. The highest BCUT2D eigenvalue weighted by Crippen LogP contribution is 2.28. The van der Waals surface area contributed by atoms with E-state index in [0.717, 1.165) is 11.1 Å². The second-order valence-electron chi connectivity index (χ2n) is 6.26. The van der Waals surface area contributed by atoms with Gasteiger partial charge in [-0.15, -0.1) is 0 Å². The zero-order chi connectivity index (χ0) is 18.8. The number of nitrogens with zero attached hydrogens (tertiary/aromatic N) is 2. The number of aromatic nitrogens is 1. The van der Waals surface area contributed by atoms with Gasteiger partial charge >= 0.3 is 6.03 Å². The van der Waals surface area contributed by atoms with E-state index in [1.54, 1.807) is 29.3 Å². The number of urea groups is 1. The molecule has 3 aromatic rings. The molecule has 0 saturated carbocycles. The number of halogens is 1. The fraction of sp³-hybridized carbons (Fsp3) is 0.150. The van der Waals surface area contributed by atoms with Gasteiger partial charge in [0.25, 0.3) is 0 Å². The third-order valence-corrected chi connectivity index (χ3v) is 4.85. The molecular formula is C20H17ClN4O2. The molecule has 3 amide bonds. The van der Waals surface area contributed by atoms with E-state index in [9.17, 15) is 9.59 Å². The molecule has 0 bridgehead atoms. The lowest BCUT2D eigenvalue weighted by Gasteiger charge is -2.17. The lowest BCUT2D eigenvalue weighted by molar-refractivity contribution is -0.118. The summed E-state index contributed by atoms with van der Waals surface area (Å²) >= 11 is 6.16. The van der Waals surface area contributed by atoms with E-state index >= 15 is 0 Å². The zero-order valence-corrected chi connectivity index (χ0v) is 15.1. The predicted octanol–water partition coefficient (Wildman–Crippen LogP) is 3.82. The molecule has 0 radical (unpaired) electrons. The highest BCUT2D eigenvalue weighted by molar-refractivity contribution is 6.35. The number of carbonyl (C=O) groups excluding carboxylic acids is 2. The minimum absolute atomic E-state index is 0.112. The van der Waals surface area contributed by atoms with Gasteiger partial charge in [0.1, 0.15) is 6.04 Å². The van der Waals surface area contributed by atoms with Crippen LogP contribution in [0.2, 0.25) is 5.02 Å². The van der Waals surface area contributed by atoms with Crippen molar-refractivity contribution in [2.45, 2.75) is 12.5 Å². The summed E-state index contributed by atoms with van der Waals surface area (Å²) in [5.41, 5.74) is 2.04. The number of pyridine rings is 1. The third-order valence-electron chi connectivity index (χ3n) is 4.55. The number of carbonyl (C=O) groups is 2. The molecule has 1 aliphatic heterocycles. The fourth-order valence-electron chi connectivity index (χ4n) is 3.24. The summed E-state index contributed by atoms with van der Waals surface area (Å²) in [5.74, 6) is -0.112. The second-order valence-corrected chi connectivity index (χ2v) is 6.67. The van der Waals surface area contributed by atoms with Crippen LogP contribution in [-0.4, -0.2) is 29.5 Å². The molecule has 0 spiro atoms. The average Bonchev–Trinajstić information content (AvgIpc) is 3.05. The first-order chi connectivity index (χ1) is 13.1. The molecule has 1 aromatic heterocycles. The molecule has 1 fully saturated rings. The van der Waals surface area contributed by atoms with Crippen LogP contribution in [-0.2, 0) is 4.79 Å². The Bertz CT molecular complexity index is 1010. The molecule has 7 heteroatoms. The van der Waals surface area contributed by atoms with Gasteiger partial charge in [0.2, 0.25) is 5.91 Å². The Hall–Kier alpha value is -3.12. The molecule has 1 aliphatic rings. The first kappa shape index (κ1) is 17.3. The van der Waals surface area contributed by atoms with Crippen LogP contribution in [0.25, 0.3) is 10.9 Å². The number of hydrogen-bond donors (Lipinski definition) is 2. The van der Waals surface area contributed by atoms with Gasteiger partial charge in [-0.25, -0.2) is 4.79 Å². The van der Waals surface area contributed by atoms with Gasteiger partial charge in [0, 0.05) is 23.8 Å². The van der Waals surface area contributed by atoms with Gasteiger partial charge in [-0.2, -0.15) is 0 Å². The number of hydrogen-bond acceptors (Lipinski definition) is 3. The topological polar surface area (TPSA) is 74.3 Å². The fourth-order valence-corrected chi connectivity index (χ4v) is 3.46. The molecule has 2 N–H and O–H groups in total. The van der Waals surface area contributed by atoms with Crippen molar-refractivity contribution in [1.82, 2.24) is 10.3 Å². The number of nitrogens with one attached hydrogen (secondary N) is 2. The number of amides is 3. The van der Waals surface area contributed by atoms with E-state index in [2.05, 4.69) is 15.6 Å². The Morgan fingerprint density at radius 2 is 1.93 bits per heavy atom. The second kappa shape index (κ2) is 7.25. The molecule has 0 aliphatic carbocycles. The molecule has 136 valence electrons. The lowest BCUT2D eigenvalue weighted by atomic mass is 10.2. The average molecular weight is 381 g/mol. The van der Waals surface area contributed by atoms with Crippen LogP contribution in [0.4, 0.5) is 16.2 Å². The Morgan fingerprint density at radius 3 is 2.74 bits per heavy atom. The first-order valence-corrected chi connectivity index (χ1v) is 8.98. The van der Waals surface area contributed by atoms with E-state index in [1.807, 2.05) is 36.4 Å². The van der Waals surface area contributed by atoms with Gasteiger partial charge in [0.15, 0.2) is 0 Å². The first-order valence-electron chi connectivity index (χ1n) is 8.60. The molecular weight excluding hydrogens is 364 g/mol. The molecule has 6 nitrogen and oxygen atoms in total. The van der Waals surface area contributed by atoms with Crippen molar-refractivity contribution < 1.29 is 9.59 Å². The van der Waals surface area contributed by atoms with Crippen LogP contribution in [0.3, 0.4) is 0 Å². The maximum absolute atomic E-state index is 12.6. The van der Waals surface area contributed by atoms with Crippen LogP contribution in [0, 0.1) is 0 Å². The number of fused-ring (bicyclic) bond motifs is 1. The van der Waals surface area contributed by atoms with Gasteiger partial charge in [0.05, 0.1) is 16.2 Å². The summed E-state index contributed by atoms with van der Waals surface area (Å²) in [6.07, 6.45) is 2.21. The summed E-state index contributed by atoms with van der Waals surface area (Å²) in [4.78, 5) is 31.0. The maximum atomic E-state index is 12.6. The molecule has 2 aromatic carbocycles. The third kappa shape index (κ3) is 3.44. The number of anilines is 2. The number of para-hydroxylation sites is 1. The molecule has 27 heavy (non-hydrogen) atoms. The van der Waals surface area contributed by atoms with Gasteiger partial charge < -0.3 is 15.5 Å². The Kier molecular flexibility index (Phi) is 4.64. The number of benzene rings is 2. The number of rotatable bonds is 3. The van der Waals surface area contributed by atoms with E-state index in [0.29, 0.717) is 29.2 Å². The minimum atomic E-state index is -0.554. The maximum Gasteiger partial charge on any atom is 0.319 e. The molecule has 2 heterocycles. The lowest BCUT2D eigenvalue weighted by Crippen LogP contribution is -2.43. The van der Waals surface area contributed by atoms with Crippen LogP contribution in [0.1, 0.15) is 6.42 Å². The summed E-state index contributed by atoms with van der Waals surface area (Å²) in [5, 5.41) is 6.81. The van der Waals surface area contributed by atoms with E-state index in [4.69, 9.17) is 11.6 Å². The van der Waals surface area contributed by atoms with Crippen molar-refractivity contribution in [2.75, 3.05) is 16.8 Å².